The van der Waals surface area contributed by atoms with E-state index < -0.39 is 11.4 Å². The first-order chi connectivity index (χ1) is 10.1. The van der Waals surface area contributed by atoms with Crippen molar-refractivity contribution in [2.45, 2.75) is 19.9 Å². The Morgan fingerprint density at radius 1 is 1.48 bits per heavy atom. The van der Waals surface area contributed by atoms with Gasteiger partial charge in [-0.25, -0.2) is 4.79 Å². The number of ether oxygens (including phenoxy) is 1. The van der Waals surface area contributed by atoms with Crippen molar-refractivity contribution in [3.8, 4) is 5.75 Å². The normalized spacial score (nSPS) is 13.6. The highest BCUT2D eigenvalue weighted by Crippen LogP contribution is 2.29. The molecule has 0 unspecified atom stereocenters. The van der Waals surface area contributed by atoms with Gasteiger partial charge in [-0.2, -0.15) is 0 Å². The van der Waals surface area contributed by atoms with E-state index in [-0.39, 0.29) is 5.56 Å². The topological polar surface area (TPSA) is 68.5 Å². The molecule has 1 aliphatic rings. The number of rotatable bonds is 3. The van der Waals surface area contributed by atoms with E-state index in [0.29, 0.717) is 24.3 Å². The fourth-order valence-electron chi connectivity index (χ4n) is 2.58. The van der Waals surface area contributed by atoms with Crippen molar-refractivity contribution in [2.75, 3.05) is 6.61 Å². The first-order valence-corrected chi connectivity index (χ1v) is 6.79. The lowest BCUT2D eigenvalue weighted by Gasteiger charge is -2.11. The molecule has 21 heavy (non-hydrogen) atoms. The fourth-order valence-corrected chi connectivity index (χ4v) is 2.58. The number of carbonyl (C=O) groups is 1. The van der Waals surface area contributed by atoms with Crippen LogP contribution in [0.3, 0.4) is 0 Å². The summed E-state index contributed by atoms with van der Waals surface area (Å²) < 4.78 is 7.26. The summed E-state index contributed by atoms with van der Waals surface area (Å²) in [4.78, 5) is 23.6. The molecule has 0 saturated carbocycles. The Bertz CT molecular complexity index is 817. The largest absolute Gasteiger partial charge is 0.493 e. The molecule has 0 spiro atoms. The third-order valence-corrected chi connectivity index (χ3v) is 3.66. The summed E-state index contributed by atoms with van der Waals surface area (Å²) in [5.41, 5.74) is 1.11. The van der Waals surface area contributed by atoms with E-state index in [0.717, 1.165) is 17.5 Å². The summed E-state index contributed by atoms with van der Waals surface area (Å²) in [6, 6.07) is 3.59. The van der Waals surface area contributed by atoms with Crippen LogP contribution in [0.2, 0.25) is 0 Å². The van der Waals surface area contributed by atoms with Crippen LogP contribution in [0.25, 0.3) is 10.9 Å². The van der Waals surface area contributed by atoms with E-state index in [9.17, 15) is 14.7 Å². The molecule has 0 fully saturated rings. The number of fused-ring (bicyclic) bond motifs is 2. The summed E-state index contributed by atoms with van der Waals surface area (Å²) in [7, 11) is 0. The molecule has 0 amide bonds. The lowest BCUT2D eigenvalue weighted by molar-refractivity contribution is 0.0695. The number of carboxylic acids is 1. The maximum atomic E-state index is 12.3. The van der Waals surface area contributed by atoms with E-state index in [1.807, 2.05) is 25.1 Å². The van der Waals surface area contributed by atoms with E-state index >= 15 is 0 Å². The third kappa shape index (κ3) is 2.20. The summed E-state index contributed by atoms with van der Waals surface area (Å²) in [5.74, 6) is -0.530. The molecule has 5 heteroatoms. The van der Waals surface area contributed by atoms with Gasteiger partial charge in [0.15, 0.2) is 0 Å². The Morgan fingerprint density at radius 3 is 3.00 bits per heavy atom. The molecular formula is C16H15NO4. The monoisotopic (exact) mass is 285 g/mol. The predicted molar refractivity (Wildman–Crippen MR) is 79.2 cm³/mol. The lowest BCUT2D eigenvalue weighted by atomic mass is 10.1. The van der Waals surface area contributed by atoms with Crippen LogP contribution in [0.4, 0.5) is 0 Å². The average molecular weight is 285 g/mol. The van der Waals surface area contributed by atoms with Crippen molar-refractivity contribution in [3.63, 3.8) is 0 Å². The second kappa shape index (κ2) is 5.09. The number of nitrogens with zero attached hydrogens (tertiary/aromatic N) is 1. The second-order valence-electron chi connectivity index (χ2n) is 4.97. The fraction of sp³-hybridized carbons (Fsp3) is 0.250. The van der Waals surface area contributed by atoms with Crippen molar-refractivity contribution in [2.24, 2.45) is 0 Å². The molecule has 3 rings (SSSR count). The van der Waals surface area contributed by atoms with E-state index in [2.05, 4.69) is 0 Å². The maximum absolute atomic E-state index is 12.3. The molecule has 2 aromatic rings. The van der Waals surface area contributed by atoms with Crippen LogP contribution in [0.1, 0.15) is 22.8 Å². The predicted octanol–water partition coefficient (Wildman–Crippen LogP) is 2.21. The van der Waals surface area contributed by atoms with E-state index in [4.69, 9.17) is 4.74 Å². The highest BCUT2D eigenvalue weighted by molar-refractivity contribution is 5.93. The number of hydrogen-bond acceptors (Lipinski definition) is 3. The van der Waals surface area contributed by atoms with Crippen molar-refractivity contribution in [3.05, 3.63) is 51.8 Å². The smallest absolute Gasteiger partial charge is 0.341 e. The maximum Gasteiger partial charge on any atom is 0.341 e. The van der Waals surface area contributed by atoms with Crippen LogP contribution in [-0.4, -0.2) is 22.2 Å². The Hall–Kier alpha value is -2.56. The standard InChI is InChI=1S/C16H15NO4/c1-2-3-5-17-9-12(16(19)20)15(18)11-8-14-10(4-6-21-14)7-13(11)17/h2-3,7-9H,4-6H2,1H3,(H,19,20). The molecule has 0 radical (unpaired) electrons. The molecule has 108 valence electrons. The van der Waals surface area contributed by atoms with Crippen molar-refractivity contribution >= 4 is 16.9 Å². The van der Waals surface area contributed by atoms with E-state index in [1.54, 1.807) is 10.6 Å². The van der Waals surface area contributed by atoms with Gasteiger partial charge in [0.25, 0.3) is 0 Å². The molecule has 1 N–H and O–H groups in total. The van der Waals surface area contributed by atoms with Crippen LogP contribution in [-0.2, 0) is 13.0 Å². The molecule has 2 heterocycles. The van der Waals surface area contributed by atoms with Gasteiger partial charge >= 0.3 is 5.97 Å². The minimum atomic E-state index is -1.21. The molecular weight excluding hydrogens is 270 g/mol. The number of aromatic carboxylic acids is 1. The average Bonchev–Trinajstić information content (AvgIpc) is 2.92. The Balaban J connectivity index is 2.35. The number of hydrogen-bond donors (Lipinski definition) is 1. The number of pyridine rings is 1. The summed E-state index contributed by atoms with van der Waals surface area (Å²) in [5, 5.41) is 9.59. The first kappa shape index (κ1) is 13.4. The van der Waals surface area contributed by atoms with Gasteiger partial charge in [0, 0.05) is 19.2 Å². The quantitative estimate of drug-likeness (QED) is 0.878. The SMILES string of the molecule is CC=CCn1cc(C(=O)O)c(=O)c2cc3c(cc21)CCO3. The summed E-state index contributed by atoms with van der Waals surface area (Å²) in [6.45, 7) is 3.02. The Labute approximate surface area is 121 Å². The molecule has 5 nitrogen and oxygen atoms in total. The number of benzene rings is 1. The van der Waals surface area contributed by atoms with Crippen LogP contribution >= 0.6 is 0 Å². The zero-order valence-corrected chi connectivity index (χ0v) is 11.6. The Morgan fingerprint density at radius 2 is 2.29 bits per heavy atom. The van der Waals surface area contributed by atoms with Crippen LogP contribution in [0, 0.1) is 0 Å². The molecule has 0 atom stereocenters. The van der Waals surface area contributed by atoms with Crippen molar-refractivity contribution < 1.29 is 14.6 Å². The minimum Gasteiger partial charge on any atom is -0.493 e. The van der Waals surface area contributed by atoms with Crippen LogP contribution in [0.15, 0.2) is 35.3 Å². The number of carboxylic acid groups (broad SMARTS) is 1. The Kier molecular flexibility index (Phi) is 3.25. The molecule has 0 aliphatic carbocycles. The van der Waals surface area contributed by atoms with Gasteiger partial charge < -0.3 is 14.4 Å². The zero-order chi connectivity index (χ0) is 15.0. The van der Waals surface area contributed by atoms with E-state index in [1.165, 1.54) is 6.20 Å². The third-order valence-electron chi connectivity index (χ3n) is 3.66. The van der Waals surface area contributed by atoms with Gasteiger partial charge in [-0.1, -0.05) is 12.2 Å². The van der Waals surface area contributed by atoms with Gasteiger partial charge in [0.05, 0.1) is 17.5 Å². The zero-order valence-electron chi connectivity index (χ0n) is 11.6. The van der Waals surface area contributed by atoms with Crippen LogP contribution in [0.5, 0.6) is 5.75 Å². The first-order valence-electron chi connectivity index (χ1n) is 6.79. The lowest BCUT2D eigenvalue weighted by Crippen LogP contribution is -2.18. The molecule has 0 bridgehead atoms. The van der Waals surface area contributed by atoms with Gasteiger partial charge in [-0.05, 0) is 24.6 Å². The van der Waals surface area contributed by atoms with Gasteiger partial charge in [0.1, 0.15) is 11.3 Å². The van der Waals surface area contributed by atoms with Crippen molar-refractivity contribution in [1.82, 2.24) is 4.57 Å². The van der Waals surface area contributed by atoms with Crippen LogP contribution < -0.4 is 10.2 Å². The highest BCUT2D eigenvalue weighted by atomic mass is 16.5. The summed E-state index contributed by atoms with van der Waals surface area (Å²) in [6.07, 6.45) is 6.03. The number of aromatic nitrogens is 1. The van der Waals surface area contributed by atoms with Crippen molar-refractivity contribution in [1.29, 1.82) is 0 Å². The second-order valence-corrected chi connectivity index (χ2v) is 4.97. The molecule has 0 saturated heterocycles. The summed E-state index contributed by atoms with van der Waals surface area (Å²) >= 11 is 0. The van der Waals surface area contributed by atoms with Gasteiger partial charge in [-0.3, -0.25) is 4.79 Å². The molecule has 1 aromatic carbocycles. The highest BCUT2D eigenvalue weighted by Gasteiger charge is 2.19. The minimum absolute atomic E-state index is 0.218. The van der Waals surface area contributed by atoms with Gasteiger partial charge in [0.2, 0.25) is 5.43 Å². The van der Waals surface area contributed by atoms with Gasteiger partial charge in [-0.15, -0.1) is 0 Å². The number of allylic oxidation sites excluding steroid dienone is 2. The molecule has 1 aromatic heterocycles. The molecule has 1 aliphatic heterocycles.